The summed E-state index contributed by atoms with van der Waals surface area (Å²) in [6, 6.07) is 9.56. The Morgan fingerprint density at radius 2 is 2.21 bits per heavy atom. The number of carbonyl (C=O) groups excluding carboxylic acids is 1. The van der Waals surface area contributed by atoms with Crippen LogP contribution < -0.4 is 10.9 Å². The van der Waals surface area contributed by atoms with Crippen LogP contribution in [0.1, 0.15) is 0 Å². The van der Waals surface area contributed by atoms with Crippen molar-refractivity contribution in [1.29, 1.82) is 0 Å². The van der Waals surface area contributed by atoms with E-state index in [1.807, 2.05) is 30.3 Å². The van der Waals surface area contributed by atoms with E-state index in [0.717, 1.165) is 16.6 Å². The largest absolute Gasteiger partial charge is 0.299 e. The van der Waals surface area contributed by atoms with E-state index in [-0.39, 0.29) is 0 Å². The second-order valence-corrected chi connectivity index (χ2v) is 2.80. The van der Waals surface area contributed by atoms with E-state index >= 15 is 0 Å². The molecule has 14 heavy (non-hydrogen) atoms. The standard InChI is InChI=1S/C10H9N3O/c14-7-12-13-9-4-3-8-2-1-5-11-10(8)6-9/h1-7,13H,(H,12,14). The summed E-state index contributed by atoms with van der Waals surface area (Å²) in [6.07, 6.45) is 2.32. The fourth-order valence-electron chi connectivity index (χ4n) is 1.26. The highest BCUT2D eigenvalue weighted by molar-refractivity contribution is 5.81. The molecule has 0 aliphatic heterocycles. The summed E-state index contributed by atoms with van der Waals surface area (Å²) in [4.78, 5) is 14.2. The van der Waals surface area contributed by atoms with Crippen LogP contribution in [0.5, 0.6) is 0 Å². The van der Waals surface area contributed by atoms with Gasteiger partial charge in [-0.15, -0.1) is 0 Å². The molecular formula is C10H9N3O. The number of fused-ring (bicyclic) bond motifs is 1. The van der Waals surface area contributed by atoms with E-state index < -0.39 is 0 Å². The van der Waals surface area contributed by atoms with E-state index in [1.54, 1.807) is 6.20 Å². The van der Waals surface area contributed by atoms with E-state index in [4.69, 9.17) is 0 Å². The second-order valence-electron chi connectivity index (χ2n) is 2.80. The molecule has 0 atom stereocenters. The van der Waals surface area contributed by atoms with Gasteiger partial charge in [-0.1, -0.05) is 12.1 Å². The molecule has 0 aliphatic carbocycles. The van der Waals surface area contributed by atoms with Gasteiger partial charge in [-0.25, -0.2) is 0 Å². The zero-order valence-electron chi connectivity index (χ0n) is 7.40. The first kappa shape index (κ1) is 8.50. The summed E-state index contributed by atoms with van der Waals surface area (Å²) in [7, 11) is 0. The SMILES string of the molecule is O=CNNc1ccc2cccnc2c1. The molecule has 0 aliphatic rings. The number of carbonyl (C=O) groups is 1. The summed E-state index contributed by atoms with van der Waals surface area (Å²) >= 11 is 0. The molecule has 4 nitrogen and oxygen atoms in total. The molecule has 0 saturated heterocycles. The van der Waals surface area contributed by atoms with Crippen molar-refractivity contribution in [2.45, 2.75) is 0 Å². The van der Waals surface area contributed by atoms with Crippen molar-refractivity contribution < 1.29 is 4.79 Å². The van der Waals surface area contributed by atoms with Crippen LogP contribution >= 0.6 is 0 Å². The van der Waals surface area contributed by atoms with Crippen LogP contribution in [0.3, 0.4) is 0 Å². The monoisotopic (exact) mass is 187 g/mol. The lowest BCUT2D eigenvalue weighted by atomic mass is 10.2. The molecule has 2 N–H and O–H groups in total. The van der Waals surface area contributed by atoms with Gasteiger partial charge < -0.3 is 0 Å². The number of pyridine rings is 1. The number of nitrogens with zero attached hydrogens (tertiary/aromatic N) is 1. The van der Waals surface area contributed by atoms with Gasteiger partial charge in [0, 0.05) is 11.6 Å². The maximum Gasteiger partial charge on any atom is 0.225 e. The molecule has 2 aromatic rings. The maximum atomic E-state index is 10.1. The molecule has 1 aromatic heterocycles. The van der Waals surface area contributed by atoms with Crippen molar-refractivity contribution >= 4 is 23.0 Å². The number of aromatic nitrogens is 1. The van der Waals surface area contributed by atoms with Crippen LogP contribution in [-0.2, 0) is 4.79 Å². The summed E-state index contributed by atoms with van der Waals surface area (Å²) in [5, 5.41) is 1.07. The molecule has 2 rings (SSSR count). The highest BCUT2D eigenvalue weighted by Gasteiger charge is 1.94. The smallest absolute Gasteiger partial charge is 0.225 e. The number of nitrogens with one attached hydrogen (secondary N) is 2. The number of amides is 1. The van der Waals surface area contributed by atoms with Crippen molar-refractivity contribution in [1.82, 2.24) is 10.4 Å². The highest BCUT2D eigenvalue weighted by atomic mass is 16.1. The third-order valence-electron chi connectivity index (χ3n) is 1.88. The summed E-state index contributed by atoms with van der Waals surface area (Å²) < 4.78 is 0. The lowest BCUT2D eigenvalue weighted by molar-refractivity contribution is -0.109. The van der Waals surface area contributed by atoms with Crippen LogP contribution in [0.25, 0.3) is 10.9 Å². The number of anilines is 1. The molecule has 0 radical (unpaired) electrons. The van der Waals surface area contributed by atoms with Crippen LogP contribution in [0, 0.1) is 0 Å². The van der Waals surface area contributed by atoms with Crippen molar-refractivity contribution in [2.75, 3.05) is 5.43 Å². The zero-order valence-corrected chi connectivity index (χ0v) is 7.40. The zero-order chi connectivity index (χ0) is 9.80. The predicted octanol–water partition coefficient (Wildman–Crippen LogP) is 1.31. The summed E-state index contributed by atoms with van der Waals surface area (Å²) in [5.74, 6) is 0. The fourth-order valence-corrected chi connectivity index (χ4v) is 1.26. The van der Waals surface area contributed by atoms with E-state index in [2.05, 4.69) is 15.8 Å². The molecule has 0 unspecified atom stereocenters. The molecule has 1 aromatic carbocycles. The van der Waals surface area contributed by atoms with Crippen molar-refractivity contribution in [3.63, 3.8) is 0 Å². The van der Waals surface area contributed by atoms with Gasteiger partial charge in [0.05, 0.1) is 11.2 Å². The van der Waals surface area contributed by atoms with Crippen molar-refractivity contribution in [3.8, 4) is 0 Å². The third kappa shape index (κ3) is 1.64. The Morgan fingerprint density at radius 3 is 3.07 bits per heavy atom. The summed E-state index contributed by atoms with van der Waals surface area (Å²) in [5.41, 5.74) is 6.80. The first-order chi connectivity index (χ1) is 6.90. The quantitative estimate of drug-likeness (QED) is 0.562. The van der Waals surface area contributed by atoms with Gasteiger partial charge in [-0.2, -0.15) is 0 Å². The minimum Gasteiger partial charge on any atom is -0.299 e. The molecule has 0 saturated carbocycles. The number of hydrazine groups is 1. The van der Waals surface area contributed by atoms with Gasteiger partial charge in [-0.05, 0) is 18.2 Å². The Labute approximate surface area is 80.9 Å². The first-order valence-electron chi connectivity index (χ1n) is 4.20. The normalized spacial score (nSPS) is 9.71. The summed E-state index contributed by atoms with van der Waals surface area (Å²) in [6.45, 7) is 0. The maximum absolute atomic E-state index is 10.1. The van der Waals surface area contributed by atoms with Crippen molar-refractivity contribution in [3.05, 3.63) is 36.5 Å². The van der Waals surface area contributed by atoms with Gasteiger partial charge in [0.25, 0.3) is 0 Å². The molecule has 4 heteroatoms. The van der Waals surface area contributed by atoms with Gasteiger partial charge in [0.1, 0.15) is 0 Å². The first-order valence-corrected chi connectivity index (χ1v) is 4.20. The Bertz CT molecular complexity index is 456. The van der Waals surface area contributed by atoms with Gasteiger partial charge in [0.2, 0.25) is 6.41 Å². The number of benzene rings is 1. The molecular weight excluding hydrogens is 178 g/mol. The molecule has 0 spiro atoms. The minimum absolute atomic E-state index is 0.586. The van der Waals surface area contributed by atoms with Crippen LogP contribution in [0.2, 0.25) is 0 Å². The van der Waals surface area contributed by atoms with E-state index in [1.165, 1.54) is 0 Å². The Kier molecular flexibility index (Phi) is 2.27. The van der Waals surface area contributed by atoms with E-state index in [9.17, 15) is 4.79 Å². The van der Waals surface area contributed by atoms with Gasteiger partial charge in [0.15, 0.2) is 0 Å². The Hall–Kier alpha value is -2.10. The Balaban J connectivity index is 2.36. The number of rotatable bonds is 3. The molecule has 70 valence electrons. The lowest BCUT2D eigenvalue weighted by Crippen LogP contribution is -2.18. The third-order valence-corrected chi connectivity index (χ3v) is 1.88. The fraction of sp³-hybridized carbons (Fsp3) is 0. The van der Waals surface area contributed by atoms with Crippen LogP contribution in [-0.4, -0.2) is 11.4 Å². The number of hydrogen-bond donors (Lipinski definition) is 2. The Morgan fingerprint density at radius 1 is 1.29 bits per heavy atom. The molecule has 0 fully saturated rings. The van der Waals surface area contributed by atoms with Crippen LogP contribution in [0.4, 0.5) is 5.69 Å². The van der Waals surface area contributed by atoms with Gasteiger partial charge >= 0.3 is 0 Å². The second kappa shape index (κ2) is 3.74. The molecule has 1 heterocycles. The highest BCUT2D eigenvalue weighted by Crippen LogP contribution is 2.15. The lowest BCUT2D eigenvalue weighted by Gasteiger charge is -2.04. The van der Waals surface area contributed by atoms with Gasteiger partial charge in [-0.3, -0.25) is 20.6 Å². The average Bonchev–Trinajstić information content (AvgIpc) is 2.26. The number of hydrogen-bond acceptors (Lipinski definition) is 3. The topological polar surface area (TPSA) is 54.0 Å². The van der Waals surface area contributed by atoms with Crippen LogP contribution in [0.15, 0.2) is 36.5 Å². The predicted molar refractivity (Wildman–Crippen MR) is 54.6 cm³/mol. The van der Waals surface area contributed by atoms with Crippen molar-refractivity contribution in [2.24, 2.45) is 0 Å². The van der Waals surface area contributed by atoms with E-state index in [0.29, 0.717) is 6.41 Å². The molecule has 1 amide bonds. The molecule has 0 bridgehead atoms. The average molecular weight is 187 g/mol. The minimum atomic E-state index is 0.586.